The highest BCUT2D eigenvalue weighted by Gasteiger charge is 2.22. The Morgan fingerprint density at radius 1 is 0.926 bits per heavy atom. The largest absolute Gasteiger partial charge is 0.322 e. The molecule has 0 aliphatic heterocycles. The van der Waals surface area contributed by atoms with E-state index < -0.39 is 10.0 Å². The van der Waals surface area contributed by atoms with Gasteiger partial charge in [0.1, 0.15) is 0 Å². The van der Waals surface area contributed by atoms with Crippen LogP contribution in [0.1, 0.15) is 53.6 Å². The first kappa shape index (κ1) is 19.6. The zero-order valence-corrected chi connectivity index (χ0v) is 16.6. The van der Waals surface area contributed by atoms with Gasteiger partial charge >= 0.3 is 0 Å². The number of carbonyl (C=O) groups excluding carboxylic acids is 1. The summed E-state index contributed by atoms with van der Waals surface area (Å²) < 4.78 is 27.9. The van der Waals surface area contributed by atoms with E-state index in [2.05, 4.69) is 10.0 Å². The molecule has 0 spiro atoms. The molecule has 2 aromatic rings. The van der Waals surface area contributed by atoms with Gasteiger partial charge in [0, 0.05) is 17.3 Å². The first-order valence-electron chi connectivity index (χ1n) is 9.37. The summed E-state index contributed by atoms with van der Waals surface area (Å²) in [5.74, 6) is -0.253. The van der Waals surface area contributed by atoms with Gasteiger partial charge in [-0.05, 0) is 62.1 Å². The fourth-order valence-corrected chi connectivity index (χ4v) is 4.80. The van der Waals surface area contributed by atoms with E-state index in [0.717, 1.165) is 42.5 Å². The van der Waals surface area contributed by atoms with Crippen LogP contribution in [0.25, 0.3) is 0 Å². The molecule has 0 bridgehead atoms. The number of benzene rings is 2. The van der Waals surface area contributed by atoms with Crippen LogP contribution in [0, 0.1) is 13.8 Å². The summed E-state index contributed by atoms with van der Waals surface area (Å²) in [6.45, 7) is 3.88. The molecule has 1 aliphatic carbocycles. The first-order chi connectivity index (χ1) is 12.9. The second-order valence-electron chi connectivity index (χ2n) is 7.20. The van der Waals surface area contributed by atoms with Gasteiger partial charge < -0.3 is 5.32 Å². The molecule has 1 amide bonds. The van der Waals surface area contributed by atoms with Crippen LogP contribution in [0.3, 0.4) is 0 Å². The van der Waals surface area contributed by atoms with Crippen LogP contribution < -0.4 is 10.0 Å². The Bertz CT molecular complexity index is 895. The number of carbonyl (C=O) groups is 1. The minimum absolute atomic E-state index is 0.00996. The van der Waals surface area contributed by atoms with Gasteiger partial charge in [0.05, 0.1) is 4.90 Å². The Balaban J connectivity index is 1.71. The number of nitrogens with one attached hydrogen (secondary N) is 2. The number of hydrogen-bond donors (Lipinski definition) is 2. The van der Waals surface area contributed by atoms with Crippen molar-refractivity contribution >= 4 is 21.6 Å². The van der Waals surface area contributed by atoms with Crippen molar-refractivity contribution in [2.45, 2.75) is 56.9 Å². The Kier molecular flexibility index (Phi) is 5.97. The molecule has 0 saturated heterocycles. The number of aryl methyl sites for hydroxylation is 2. The van der Waals surface area contributed by atoms with Crippen molar-refractivity contribution in [3.8, 4) is 0 Å². The lowest BCUT2D eigenvalue weighted by atomic mass is 9.96. The van der Waals surface area contributed by atoms with Crippen LogP contribution in [0.4, 0.5) is 5.69 Å². The van der Waals surface area contributed by atoms with Crippen LogP contribution in [0.15, 0.2) is 47.4 Å². The van der Waals surface area contributed by atoms with Crippen molar-refractivity contribution in [1.29, 1.82) is 0 Å². The van der Waals surface area contributed by atoms with E-state index in [9.17, 15) is 13.2 Å². The molecule has 2 aromatic carbocycles. The molecule has 27 heavy (non-hydrogen) atoms. The Hall–Kier alpha value is -2.18. The van der Waals surface area contributed by atoms with Gasteiger partial charge in [0.15, 0.2) is 0 Å². The first-order valence-corrected chi connectivity index (χ1v) is 10.8. The SMILES string of the molecule is Cc1cccc(C)c1NC(=O)c1ccc(S(=O)(=O)NC2CCCCC2)cc1. The fraction of sp³-hybridized carbons (Fsp3) is 0.381. The van der Waals surface area contributed by atoms with Gasteiger partial charge in [-0.25, -0.2) is 13.1 Å². The molecule has 6 heteroatoms. The molecule has 0 heterocycles. The number of anilines is 1. The summed E-state index contributed by atoms with van der Waals surface area (Å²) in [5.41, 5.74) is 3.19. The summed E-state index contributed by atoms with van der Waals surface area (Å²) in [6.07, 6.45) is 5.06. The highest BCUT2D eigenvalue weighted by Crippen LogP contribution is 2.22. The molecular weight excluding hydrogens is 360 g/mol. The van der Waals surface area contributed by atoms with E-state index in [0.29, 0.717) is 5.56 Å². The Morgan fingerprint density at radius 3 is 2.11 bits per heavy atom. The van der Waals surface area contributed by atoms with Gasteiger partial charge in [-0.1, -0.05) is 37.5 Å². The highest BCUT2D eigenvalue weighted by molar-refractivity contribution is 7.89. The monoisotopic (exact) mass is 386 g/mol. The summed E-state index contributed by atoms with van der Waals surface area (Å²) in [6, 6.07) is 11.9. The van der Waals surface area contributed by atoms with E-state index in [4.69, 9.17) is 0 Å². The van der Waals surface area contributed by atoms with Crippen LogP contribution in [-0.4, -0.2) is 20.4 Å². The van der Waals surface area contributed by atoms with Gasteiger partial charge in [-0.15, -0.1) is 0 Å². The maximum atomic E-state index is 12.6. The summed E-state index contributed by atoms with van der Waals surface area (Å²) in [7, 11) is -3.56. The molecule has 1 aliphatic rings. The lowest BCUT2D eigenvalue weighted by Gasteiger charge is -2.22. The van der Waals surface area contributed by atoms with Crippen LogP contribution in [0.5, 0.6) is 0 Å². The lowest BCUT2D eigenvalue weighted by Crippen LogP contribution is -2.36. The van der Waals surface area contributed by atoms with Crippen molar-refractivity contribution in [1.82, 2.24) is 4.72 Å². The third kappa shape index (κ3) is 4.76. The average Bonchev–Trinajstić information content (AvgIpc) is 2.65. The molecule has 144 valence electrons. The maximum Gasteiger partial charge on any atom is 0.255 e. The maximum absolute atomic E-state index is 12.6. The fourth-order valence-electron chi connectivity index (χ4n) is 3.49. The minimum Gasteiger partial charge on any atom is -0.322 e. The topological polar surface area (TPSA) is 75.3 Å². The lowest BCUT2D eigenvalue weighted by molar-refractivity contribution is 0.102. The number of amides is 1. The highest BCUT2D eigenvalue weighted by atomic mass is 32.2. The number of hydrogen-bond acceptors (Lipinski definition) is 3. The van der Waals surface area contributed by atoms with Crippen LogP contribution in [0.2, 0.25) is 0 Å². The van der Waals surface area contributed by atoms with Gasteiger partial charge in [0.25, 0.3) is 5.91 Å². The molecular formula is C21H26N2O3S. The minimum atomic E-state index is -3.56. The predicted molar refractivity (Wildman–Crippen MR) is 108 cm³/mol. The van der Waals surface area contributed by atoms with E-state index >= 15 is 0 Å². The third-order valence-corrected chi connectivity index (χ3v) is 6.61. The quantitative estimate of drug-likeness (QED) is 0.810. The molecule has 0 radical (unpaired) electrons. The molecule has 1 fully saturated rings. The van der Waals surface area contributed by atoms with E-state index in [1.807, 2.05) is 32.0 Å². The average molecular weight is 387 g/mol. The normalized spacial score (nSPS) is 15.5. The van der Waals surface area contributed by atoms with Crippen LogP contribution >= 0.6 is 0 Å². The van der Waals surface area contributed by atoms with E-state index in [1.54, 1.807) is 12.1 Å². The molecule has 5 nitrogen and oxygen atoms in total. The van der Waals surface area contributed by atoms with Crippen molar-refractivity contribution in [3.63, 3.8) is 0 Å². The zero-order valence-electron chi connectivity index (χ0n) is 15.8. The standard InChI is InChI=1S/C21H26N2O3S/c1-15-7-6-8-16(2)20(15)22-21(24)17-11-13-19(14-12-17)27(25,26)23-18-9-4-3-5-10-18/h6-8,11-14,18,23H,3-5,9-10H2,1-2H3,(H,22,24). The van der Waals surface area contributed by atoms with Crippen molar-refractivity contribution in [3.05, 3.63) is 59.2 Å². The smallest absolute Gasteiger partial charge is 0.255 e. The second kappa shape index (κ2) is 8.23. The summed E-state index contributed by atoms with van der Waals surface area (Å²) >= 11 is 0. The summed E-state index contributed by atoms with van der Waals surface area (Å²) in [4.78, 5) is 12.7. The van der Waals surface area contributed by atoms with Gasteiger partial charge in [-0.2, -0.15) is 0 Å². The Labute approximate surface area is 161 Å². The third-order valence-electron chi connectivity index (χ3n) is 5.07. The van der Waals surface area contributed by atoms with Crippen molar-refractivity contribution in [2.75, 3.05) is 5.32 Å². The molecule has 2 N–H and O–H groups in total. The van der Waals surface area contributed by atoms with Gasteiger partial charge in [0.2, 0.25) is 10.0 Å². The predicted octanol–water partition coefficient (Wildman–Crippen LogP) is 4.17. The molecule has 1 saturated carbocycles. The van der Waals surface area contributed by atoms with E-state index in [1.165, 1.54) is 18.6 Å². The Morgan fingerprint density at radius 2 is 1.52 bits per heavy atom. The summed E-state index contributed by atoms with van der Waals surface area (Å²) in [5, 5.41) is 2.91. The number of para-hydroxylation sites is 1. The van der Waals surface area contributed by atoms with Crippen molar-refractivity contribution in [2.24, 2.45) is 0 Å². The van der Waals surface area contributed by atoms with Gasteiger partial charge in [-0.3, -0.25) is 4.79 Å². The number of sulfonamides is 1. The van der Waals surface area contributed by atoms with Crippen molar-refractivity contribution < 1.29 is 13.2 Å². The number of rotatable bonds is 5. The zero-order chi connectivity index (χ0) is 19.4. The second-order valence-corrected chi connectivity index (χ2v) is 8.92. The molecule has 3 rings (SSSR count). The molecule has 0 unspecified atom stereocenters. The van der Waals surface area contributed by atoms with E-state index in [-0.39, 0.29) is 16.8 Å². The molecule has 0 atom stereocenters. The van der Waals surface area contributed by atoms with Crippen LogP contribution in [-0.2, 0) is 10.0 Å². The molecule has 0 aromatic heterocycles.